The first-order valence-electron chi connectivity index (χ1n) is 6.77. The monoisotopic (exact) mass is 274 g/mol. The topological polar surface area (TPSA) is 91.1 Å². The molecule has 3 rings (SSSR count). The number of hydrogen-bond acceptors (Lipinski definition) is 4. The van der Waals surface area contributed by atoms with Crippen LogP contribution in [0.25, 0.3) is 11.6 Å². The predicted molar refractivity (Wildman–Crippen MR) is 75.3 cm³/mol. The smallest absolute Gasteiger partial charge is 0.216 e. The quantitative estimate of drug-likeness (QED) is 0.557. The van der Waals surface area contributed by atoms with Gasteiger partial charge in [0.2, 0.25) is 5.82 Å². The standard InChI is InChI=1S/C13H18N6O/c1-14-13(16-9-4-5-9)15-7-6-11-17-12(19-18-11)10-3-2-8-20-10/h2-3,8-9H,4-7H2,1H3,(H2,14,15,16)(H,17,18,19). The van der Waals surface area contributed by atoms with Crippen molar-refractivity contribution in [2.45, 2.75) is 25.3 Å². The summed E-state index contributed by atoms with van der Waals surface area (Å²) in [6, 6.07) is 4.25. The van der Waals surface area contributed by atoms with Crippen molar-refractivity contribution in [3.8, 4) is 11.6 Å². The molecule has 1 aliphatic rings. The van der Waals surface area contributed by atoms with Crippen molar-refractivity contribution >= 4 is 5.96 Å². The van der Waals surface area contributed by atoms with Gasteiger partial charge in [0, 0.05) is 26.1 Å². The van der Waals surface area contributed by atoms with E-state index in [1.165, 1.54) is 12.8 Å². The van der Waals surface area contributed by atoms with Gasteiger partial charge in [-0.15, -0.1) is 0 Å². The van der Waals surface area contributed by atoms with Gasteiger partial charge in [-0.05, 0) is 25.0 Å². The fourth-order valence-electron chi connectivity index (χ4n) is 1.84. The summed E-state index contributed by atoms with van der Waals surface area (Å²) in [6.45, 7) is 0.749. The number of H-pyrrole nitrogens is 1. The number of furan rings is 1. The molecule has 7 nitrogen and oxygen atoms in total. The fraction of sp³-hybridized carbons (Fsp3) is 0.462. The fourth-order valence-corrected chi connectivity index (χ4v) is 1.84. The summed E-state index contributed by atoms with van der Waals surface area (Å²) < 4.78 is 5.25. The summed E-state index contributed by atoms with van der Waals surface area (Å²) in [7, 11) is 1.78. The van der Waals surface area contributed by atoms with E-state index in [9.17, 15) is 0 Å². The minimum absolute atomic E-state index is 0.588. The Hall–Kier alpha value is -2.31. The van der Waals surface area contributed by atoms with Crippen molar-refractivity contribution in [2.24, 2.45) is 4.99 Å². The molecule has 0 amide bonds. The van der Waals surface area contributed by atoms with E-state index in [4.69, 9.17) is 4.42 Å². The van der Waals surface area contributed by atoms with Crippen LogP contribution in [0, 0.1) is 0 Å². The molecular weight excluding hydrogens is 256 g/mol. The van der Waals surface area contributed by atoms with Crippen LogP contribution in [0.15, 0.2) is 27.8 Å². The Balaban J connectivity index is 1.48. The number of nitrogens with zero attached hydrogens (tertiary/aromatic N) is 3. The molecule has 7 heteroatoms. The molecule has 2 aromatic heterocycles. The highest BCUT2D eigenvalue weighted by molar-refractivity contribution is 5.80. The Bertz CT molecular complexity index is 569. The first-order chi connectivity index (χ1) is 9.85. The van der Waals surface area contributed by atoms with Crippen LogP contribution in [-0.2, 0) is 6.42 Å². The summed E-state index contributed by atoms with van der Waals surface area (Å²) in [4.78, 5) is 8.57. The van der Waals surface area contributed by atoms with Crippen LogP contribution < -0.4 is 10.6 Å². The van der Waals surface area contributed by atoms with Gasteiger partial charge < -0.3 is 15.1 Å². The van der Waals surface area contributed by atoms with E-state index >= 15 is 0 Å². The number of aliphatic imine (C=N–C) groups is 1. The molecule has 2 heterocycles. The minimum Gasteiger partial charge on any atom is -0.461 e. The van der Waals surface area contributed by atoms with E-state index < -0.39 is 0 Å². The normalized spacial score (nSPS) is 15.3. The van der Waals surface area contributed by atoms with Gasteiger partial charge in [0.1, 0.15) is 5.82 Å². The number of nitrogens with one attached hydrogen (secondary N) is 3. The molecule has 20 heavy (non-hydrogen) atoms. The van der Waals surface area contributed by atoms with Gasteiger partial charge in [-0.2, -0.15) is 5.10 Å². The van der Waals surface area contributed by atoms with E-state index in [0.717, 1.165) is 24.7 Å². The van der Waals surface area contributed by atoms with Gasteiger partial charge in [-0.3, -0.25) is 10.1 Å². The highest BCUT2D eigenvalue weighted by Gasteiger charge is 2.21. The molecule has 0 bridgehead atoms. The van der Waals surface area contributed by atoms with Crippen LogP contribution in [0.1, 0.15) is 18.7 Å². The van der Waals surface area contributed by atoms with Gasteiger partial charge in [-0.25, -0.2) is 4.98 Å². The molecule has 0 atom stereocenters. The summed E-state index contributed by atoms with van der Waals surface area (Å²) in [5.74, 6) is 2.93. The van der Waals surface area contributed by atoms with Crippen LogP contribution in [0.2, 0.25) is 0 Å². The lowest BCUT2D eigenvalue weighted by atomic mass is 10.4. The van der Waals surface area contributed by atoms with Crippen LogP contribution in [0.4, 0.5) is 0 Å². The summed E-state index contributed by atoms with van der Waals surface area (Å²) >= 11 is 0. The van der Waals surface area contributed by atoms with E-state index in [2.05, 4.69) is 30.8 Å². The Labute approximate surface area is 116 Å². The second-order valence-electron chi connectivity index (χ2n) is 4.75. The van der Waals surface area contributed by atoms with Crippen molar-refractivity contribution in [1.82, 2.24) is 25.8 Å². The third-order valence-electron chi connectivity index (χ3n) is 3.07. The molecule has 0 unspecified atom stereocenters. The Morgan fingerprint density at radius 2 is 2.45 bits per heavy atom. The van der Waals surface area contributed by atoms with Gasteiger partial charge in [-0.1, -0.05) is 0 Å². The lowest BCUT2D eigenvalue weighted by molar-refractivity contribution is 0.577. The molecule has 3 N–H and O–H groups in total. The van der Waals surface area contributed by atoms with E-state index in [0.29, 0.717) is 17.6 Å². The van der Waals surface area contributed by atoms with Gasteiger partial charge in [0.05, 0.1) is 6.26 Å². The molecular formula is C13H18N6O. The molecule has 0 radical (unpaired) electrons. The second-order valence-corrected chi connectivity index (χ2v) is 4.75. The molecule has 2 aromatic rings. The zero-order chi connectivity index (χ0) is 13.8. The Kier molecular flexibility index (Phi) is 3.67. The summed E-state index contributed by atoms with van der Waals surface area (Å²) in [5.41, 5.74) is 0. The van der Waals surface area contributed by atoms with Crippen molar-refractivity contribution < 1.29 is 4.42 Å². The number of aromatic nitrogens is 3. The zero-order valence-corrected chi connectivity index (χ0v) is 11.4. The molecule has 106 valence electrons. The molecule has 1 saturated carbocycles. The third-order valence-corrected chi connectivity index (χ3v) is 3.07. The number of rotatable bonds is 5. The maximum atomic E-state index is 5.25. The lowest BCUT2D eigenvalue weighted by Gasteiger charge is -2.09. The zero-order valence-electron chi connectivity index (χ0n) is 11.4. The highest BCUT2D eigenvalue weighted by Crippen LogP contribution is 2.18. The van der Waals surface area contributed by atoms with Gasteiger partial charge in [0.15, 0.2) is 11.7 Å². The largest absolute Gasteiger partial charge is 0.461 e. The number of aromatic amines is 1. The van der Waals surface area contributed by atoms with Crippen LogP contribution >= 0.6 is 0 Å². The van der Waals surface area contributed by atoms with Crippen LogP contribution in [-0.4, -0.2) is 40.8 Å². The Morgan fingerprint density at radius 1 is 1.55 bits per heavy atom. The minimum atomic E-state index is 0.588. The molecule has 1 aliphatic carbocycles. The average Bonchev–Trinajstić information content (AvgIpc) is 2.96. The first kappa shape index (κ1) is 12.7. The summed E-state index contributed by atoms with van der Waals surface area (Å²) in [5, 5.41) is 13.6. The molecule has 0 spiro atoms. The summed E-state index contributed by atoms with van der Waals surface area (Å²) in [6.07, 6.45) is 4.82. The predicted octanol–water partition coefficient (Wildman–Crippen LogP) is 0.935. The second kappa shape index (κ2) is 5.77. The van der Waals surface area contributed by atoms with E-state index in [1.807, 2.05) is 12.1 Å². The molecule has 0 aliphatic heterocycles. The van der Waals surface area contributed by atoms with Crippen molar-refractivity contribution in [3.05, 3.63) is 24.2 Å². The average molecular weight is 274 g/mol. The van der Waals surface area contributed by atoms with Crippen LogP contribution in [0.3, 0.4) is 0 Å². The molecule has 0 aromatic carbocycles. The van der Waals surface area contributed by atoms with Gasteiger partial charge >= 0.3 is 0 Å². The first-order valence-corrected chi connectivity index (χ1v) is 6.77. The van der Waals surface area contributed by atoms with Crippen molar-refractivity contribution in [1.29, 1.82) is 0 Å². The van der Waals surface area contributed by atoms with Gasteiger partial charge in [0.25, 0.3) is 0 Å². The number of guanidine groups is 1. The van der Waals surface area contributed by atoms with Crippen molar-refractivity contribution in [2.75, 3.05) is 13.6 Å². The van der Waals surface area contributed by atoms with E-state index in [-0.39, 0.29) is 0 Å². The Morgan fingerprint density at radius 3 is 3.15 bits per heavy atom. The maximum Gasteiger partial charge on any atom is 0.216 e. The van der Waals surface area contributed by atoms with Crippen molar-refractivity contribution in [3.63, 3.8) is 0 Å². The third kappa shape index (κ3) is 3.17. The van der Waals surface area contributed by atoms with E-state index in [1.54, 1.807) is 13.3 Å². The SMILES string of the molecule is CN=C(NCCc1nc(-c2ccco2)n[nH]1)NC1CC1. The lowest BCUT2D eigenvalue weighted by Crippen LogP contribution is -2.39. The highest BCUT2D eigenvalue weighted by atomic mass is 16.3. The van der Waals surface area contributed by atoms with Crippen LogP contribution in [0.5, 0.6) is 0 Å². The maximum absolute atomic E-state index is 5.25. The number of hydrogen-bond donors (Lipinski definition) is 3. The molecule has 1 fully saturated rings. The molecule has 0 saturated heterocycles.